The smallest absolute Gasteiger partial charge is 0.222 e. The maximum absolute atomic E-state index is 5.72. The number of benzene rings is 2. The van der Waals surface area contributed by atoms with E-state index in [1.165, 1.54) is 5.56 Å². The van der Waals surface area contributed by atoms with Crippen molar-refractivity contribution in [3.05, 3.63) is 53.6 Å². The molecule has 0 aliphatic rings. The monoisotopic (exact) mass is 322 g/mol. The van der Waals surface area contributed by atoms with Crippen LogP contribution in [0.4, 0.5) is 5.95 Å². The zero-order valence-corrected chi connectivity index (χ0v) is 14.2. The van der Waals surface area contributed by atoms with E-state index < -0.39 is 0 Å². The first-order chi connectivity index (χ1) is 11.6. The highest BCUT2D eigenvalue weighted by molar-refractivity contribution is 5.81. The number of rotatable bonds is 6. The molecule has 0 aliphatic carbocycles. The number of ether oxygens (including phenoxy) is 1. The van der Waals surface area contributed by atoms with Gasteiger partial charge in [0.2, 0.25) is 5.95 Å². The Hall–Kier alpha value is -2.82. The number of hydrazone groups is 1. The highest BCUT2D eigenvalue weighted by atomic mass is 16.5. The number of nitrogens with zero attached hydrogens (tertiary/aromatic N) is 2. The van der Waals surface area contributed by atoms with Crippen molar-refractivity contribution in [1.29, 1.82) is 0 Å². The number of aryl methyl sites for hydroxylation is 1. The third-order valence-electron chi connectivity index (χ3n) is 3.46. The van der Waals surface area contributed by atoms with E-state index >= 15 is 0 Å². The van der Waals surface area contributed by atoms with Crippen LogP contribution in [0.25, 0.3) is 11.0 Å². The Labute approximate surface area is 141 Å². The first-order valence-corrected chi connectivity index (χ1v) is 8.08. The summed E-state index contributed by atoms with van der Waals surface area (Å²) < 4.78 is 5.72. The van der Waals surface area contributed by atoms with Gasteiger partial charge in [0.25, 0.3) is 0 Å². The molecule has 0 radical (unpaired) electrons. The van der Waals surface area contributed by atoms with Crippen LogP contribution in [-0.2, 0) is 0 Å². The molecule has 0 fully saturated rings. The van der Waals surface area contributed by atoms with Crippen molar-refractivity contribution in [2.75, 3.05) is 12.0 Å². The van der Waals surface area contributed by atoms with Crippen molar-refractivity contribution in [1.82, 2.24) is 9.97 Å². The molecule has 0 aliphatic heterocycles. The molecule has 3 aromatic rings. The molecule has 5 nitrogen and oxygen atoms in total. The van der Waals surface area contributed by atoms with Crippen LogP contribution in [0.15, 0.2) is 47.6 Å². The predicted molar refractivity (Wildman–Crippen MR) is 98.8 cm³/mol. The quantitative estimate of drug-likeness (QED) is 0.524. The van der Waals surface area contributed by atoms with E-state index in [2.05, 4.69) is 47.3 Å². The lowest BCUT2D eigenvalue weighted by atomic mass is 10.2. The number of hydrogen-bond donors (Lipinski definition) is 2. The van der Waals surface area contributed by atoms with Crippen molar-refractivity contribution < 1.29 is 4.74 Å². The van der Waals surface area contributed by atoms with Crippen LogP contribution < -0.4 is 10.2 Å². The molecule has 1 aromatic heterocycles. The minimum absolute atomic E-state index is 0.501. The standard InChI is InChI=1S/C19H22N4O/c1-13(2)12-24-16-6-4-5-15(10-16)11-20-23-19-21-17-8-7-14(3)9-18(17)22-19/h4-11,13H,12H2,1-3H3,(H2,21,22,23)/b20-11-. The lowest BCUT2D eigenvalue weighted by Gasteiger charge is -2.08. The molecule has 124 valence electrons. The van der Waals surface area contributed by atoms with Crippen molar-refractivity contribution in [2.45, 2.75) is 20.8 Å². The fourth-order valence-corrected chi connectivity index (χ4v) is 2.29. The molecular formula is C19H22N4O. The Morgan fingerprint density at radius 1 is 1.25 bits per heavy atom. The van der Waals surface area contributed by atoms with E-state index in [0.29, 0.717) is 18.5 Å². The maximum Gasteiger partial charge on any atom is 0.222 e. The number of hydrogen-bond acceptors (Lipinski definition) is 4. The van der Waals surface area contributed by atoms with Gasteiger partial charge in [-0.05, 0) is 48.2 Å². The second-order valence-electron chi connectivity index (χ2n) is 6.25. The molecule has 0 atom stereocenters. The van der Waals surface area contributed by atoms with Gasteiger partial charge in [0.1, 0.15) is 5.75 Å². The molecule has 0 amide bonds. The molecule has 0 bridgehead atoms. The number of fused-ring (bicyclic) bond motifs is 1. The van der Waals surface area contributed by atoms with Crippen LogP contribution in [-0.4, -0.2) is 22.8 Å². The summed E-state index contributed by atoms with van der Waals surface area (Å²) in [5.41, 5.74) is 7.01. The lowest BCUT2D eigenvalue weighted by molar-refractivity contribution is 0.271. The Bertz CT molecular complexity index is 851. The Balaban J connectivity index is 1.65. The molecule has 1 heterocycles. The summed E-state index contributed by atoms with van der Waals surface area (Å²) in [4.78, 5) is 7.65. The van der Waals surface area contributed by atoms with Gasteiger partial charge in [0.15, 0.2) is 0 Å². The summed E-state index contributed by atoms with van der Waals surface area (Å²) in [6, 6.07) is 14.0. The zero-order chi connectivity index (χ0) is 16.9. The molecule has 2 aromatic carbocycles. The minimum Gasteiger partial charge on any atom is -0.493 e. The summed E-state index contributed by atoms with van der Waals surface area (Å²) in [7, 11) is 0. The maximum atomic E-state index is 5.72. The van der Waals surface area contributed by atoms with E-state index in [0.717, 1.165) is 22.3 Å². The second-order valence-corrected chi connectivity index (χ2v) is 6.25. The van der Waals surface area contributed by atoms with Gasteiger partial charge in [-0.15, -0.1) is 0 Å². The molecule has 0 unspecified atom stereocenters. The topological polar surface area (TPSA) is 62.3 Å². The summed E-state index contributed by atoms with van der Waals surface area (Å²) in [6.45, 7) is 7.02. The summed E-state index contributed by atoms with van der Waals surface area (Å²) >= 11 is 0. The van der Waals surface area contributed by atoms with E-state index in [4.69, 9.17) is 4.74 Å². The van der Waals surface area contributed by atoms with Crippen LogP contribution in [0.3, 0.4) is 0 Å². The lowest BCUT2D eigenvalue weighted by Crippen LogP contribution is -2.04. The number of nitrogens with one attached hydrogen (secondary N) is 2. The van der Waals surface area contributed by atoms with Gasteiger partial charge in [-0.1, -0.05) is 32.0 Å². The first-order valence-electron chi connectivity index (χ1n) is 8.08. The van der Waals surface area contributed by atoms with Crippen molar-refractivity contribution in [3.63, 3.8) is 0 Å². The van der Waals surface area contributed by atoms with Crippen LogP contribution in [0.2, 0.25) is 0 Å². The highest BCUT2D eigenvalue weighted by Gasteiger charge is 2.01. The van der Waals surface area contributed by atoms with E-state index in [1.807, 2.05) is 36.4 Å². The number of H-pyrrole nitrogens is 1. The Kier molecular flexibility index (Phi) is 4.79. The number of aromatic nitrogens is 2. The van der Waals surface area contributed by atoms with E-state index in [1.54, 1.807) is 6.21 Å². The third kappa shape index (κ3) is 4.13. The Morgan fingerprint density at radius 3 is 2.96 bits per heavy atom. The van der Waals surface area contributed by atoms with Crippen molar-refractivity contribution >= 4 is 23.2 Å². The third-order valence-corrected chi connectivity index (χ3v) is 3.46. The van der Waals surface area contributed by atoms with Gasteiger partial charge in [-0.25, -0.2) is 10.4 Å². The number of anilines is 1. The highest BCUT2D eigenvalue weighted by Crippen LogP contribution is 2.16. The molecule has 24 heavy (non-hydrogen) atoms. The van der Waals surface area contributed by atoms with Gasteiger partial charge >= 0.3 is 0 Å². The molecule has 5 heteroatoms. The fraction of sp³-hybridized carbons (Fsp3) is 0.263. The molecule has 3 rings (SSSR count). The molecule has 0 spiro atoms. The Morgan fingerprint density at radius 2 is 2.12 bits per heavy atom. The van der Waals surface area contributed by atoms with Crippen LogP contribution >= 0.6 is 0 Å². The van der Waals surface area contributed by atoms with E-state index in [-0.39, 0.29) is 0 Å². The normalized spacial score (nSPS) is 11.5. The van der Waals surface area contributed by atoms with Gasteiger partial charge < -0.3 is 9.72 Å². The minimum atomic E-state index is 0.501. The van der Waals surface area contributed by atoms with Gasteiger partial charge in [0, 0.05) is 0 Å². The largest absolute Gasteiger partial charge is 0.493 e. The van der Waals surface area contributed by atoms with Crippen molar-refractivity contribution in [2.24, 2.45) is 11.0 Å². The molecule has 0 saturated carbocycles. The van der Waals surface area contributed by atoms with Crippen LogP contribution in [0.5, 0.6) is 5.75 Å². The summed E-state index contributed by atoms with van der Waals surface area (Å²) in [5.74, 6) is 1.98. The van der Waals surface area contributed by atoms with Gasteiger partial charge in [-0.3, -0.25) is 0 Å². The van der Waals surface area contributed by atoms with Crippen molar-refractivity contribution in [3.8, 4) is 5.75 Å². The SMILES string of the molecule is Cc1ccc2nc(N/N=C\c3cccc(OCC(C)C)c3)[nH]c2c1. The van der Waals surface area contributed by atoms with Gasteiger partial charge in [0.05, 0.1) is 23.9 Å². The van der Waals surface area contributed by atoms with E-state index in [9.17, 15) is 0 Å². The second kappa shape index (κ2) is 7.17. The molecule has 0 saturated heterocycles. The molecular weight excluding hydrogens is 300 g/mol. The number of imidazole rings is 1. The first kappa shape index (κ1) is 16.1. The average Bonchev–Trinajstić information content (AvgIpc) is 2.95. The summed E-state index contributed by atoms with van der Waals surface area (Å²) in [6.07, 6.45) is 1.75. The van der Waals surface area contributed by atoms with Crippen LogP contribution in [0.1, 0.15) is 25.0 Å². The molecule has 2 N–H and O–H groups in total. The number of aromatic amines is 1. The predicted octanol–water partition coefficient (Wildman–Crippen LogP) is 4.35. The summed E-state index contributed by atoms with van der Waals surface area (Å²) in [5, 5.41) is 4.24. The fourth-order valence-electron chi connectivity index (χ4n) is 2.29. The van der Waals surface area contributed by atoms with Gasteiger partial charge in [-0.2, -0.15) is 5.10 Å². The zero-order valence-electron chi connectivity index (χ0n) is 14.2. The van der Waals surface area contributed by atoms with Crippen LogP contribution in [0, 0.1) is 12.8 Å². The average molecular weight is 322 g/mol.